The van der Waals surface area contributed by atoms with Gasteiger partial charge in [0.1, 0.15) is 0 Å². The van der Waals surface area contributed by atoms with Gasteiger partial charge in [0.25, 0.3) is 17.7 Å². The van der Waals surface area contributed by atoms with Crippen LogP contribution in [0.5, 0.6) is 0 Å². The molecule has 1 heterocycles. The average molecular weight is 359 g/mol. The van der Waals surface area contributed by atoms with E-state index in [1.807, 2.05) is 6.92 Å². The highest BCUT2D eigenvalue weighted by Crippen LogP contribution is 2.24. The van der Waals surface area contributed by atoms with Gasteiger partial charge in [0.05, 0.1) is 11.1 Å². The molecule has 1 N–H and O–H groups in total. The largest absolute Gasteiger partial charge is 0.351 e. The lowest BCUT2D eigenvalue weighted by molar-refractivity contribution is 0.0652. The molecule has 0 saturated heterocycles. The van der Waals surface area contributed by atoms with Crippen LogP contribution in [-0.2, 0) is 0 Å². The molecule has 3 amide bonds. The van der Waals surface area contributed by atoms with E-state index in [0.717, 1.165) is 25.9 Å². The van der Waals surface area contributed by atoms with Gasteiger partial charge < -0.3 is 5.32 Å². The molecule has 0 saturated carbocycles. The molecular weight excluding hydrogens is 330 g/mol. The van der Waals surface area contributed by atoms with Crippen molar-refractivity contribution in [3.63, 3.8) is 0 Å². The van der Waals surface area contributed by atoms with Crippen LogP contribution in [0.1, 0.15) is 71.6 Å². The summed E-state index contributed by atoms with van der Waals surface area (Å²) in [6.07, 6.45) is 1.69. The Bertz CT molecular complexity index is 685. The van der Waals surface area contributed by atoms with Crippen molar-refractivity contribution in [3.05, 3.63) is 34.9 Å². The normalized spacial score (nSPS) is 13.7. The highest BCUT2D eigenvalue weighted by molar-refractivity contribution is 6.22. The molecule has 6 heteroatoms. The molecule has 2 rings (SSSR count). The van der Waals surface area contributed by atoms with Crippen molar-refractivity contribution in [3.8, 4) is 0 Å². The van der Waals surface area contributed by atoms with Crippen LogP contribution in [0.2, 0.25) is 0 Å². The van der Waals surface area contributed by atoms with Gasteiger partial charge in [-0.3, -0.25) is 24.2 Å². The standard InChI is InChI=1S/C20H29N3O3/c1-5-7-11-23-19(25)16-9-8-15(13-17(16)20(23)26)18(24)21-10-12-22(6-2)14(3)4/h8-9,13-14H,5-7,10-12H2,1-4H3,(H,21,24). The summed E-state index contributed by atoms with van der Waals surface area (Å²) < 4.78 is 0. The summed E-state index contributed by atoms with van der Waals surface area (Å²) in [5.74, 6) is -0.786. The lowest BCUT2D eigenvalue weighted by Crippen LogP contribution is -2.38. The lowest BCUT2D eigenvalue weighted by Gasteiger charge is -2.24. The molecule has 0 atom stereocenters. The number of carbonyl (C=O) groups is 3. The van der Waals surface area contributed by atoms with Crippen LogP contribution in [-0.4, -0.2) is 59.7 Å². The molecule has 26 heavy (non-hydrogen) atoms. The number of imide groups is 1. The lowest BCUT2D eigenvalue weighted by atomic mass is 10.1. The smallest absolute Gasteiger partial charge is 0.261 e. The number of hydrogen-bond donors (Lipinski definition) is 1. The molecule has 6 nitrogen and oxygen atoms in total. The predicted octanol–water partition coefficient (Wildman–Crippen LogP) is 2.54. The van der Waals surface area contributed by atoms with E-state index in [2.05, 4.69) is 31.0 Å². The molecule has 1 aliphatic rings. The fourth-order valence-electron chi connectivity index (χ4n) is 3.15. The summed E-state index contributed by atoms with van der Waals surface area (Å²) in [6.45, 7) is 11.0. The van der Waals surface area contributed by atoms with E-state index in [9.17, 15) is 14.4 Å². The monoisotopic (exact) mass is 359 g/mol. The maximum atomic E-state index is 12.5. The van der Waals surface area contributed by atoms with Crippen molar-refractivity contribution in [2.24, 2.45) is 0 Å². The van der Waals surface area contributed by atoms with Gasteiger partial charge in [-0.15, -0.1) is 0 Å². The molecule has 0 spiro atoms. The van der Waals surface area contributed by atoms with E-state index in [4.69, 9.17) is 0 Å². The summed E-state index contributed by atoms with van der Waals surface area (Å²) in [4.78, 5) is 40.7. The van der Waals surface area contributed by atoms with Crippen LogP contribution in [0.25, 0.3) is 0 Å². The average Bonchev–Trinajstić information content (AvgIpc) is 2.86. The summed E-state index contributed by atoms with van der Waals surface area (Å²) >= 11 is 0. The number of benzene rings is 1. The van der Waals surface area contributed by atoms with Crippen molar-refractivity contribution >= 4 is 17.7 Å². The first-order valence-electron chi connectivity index (χ1n) is 9.43. The molecule has 0 radical (unpaired) electrons. The van der Waals surface area contributed by atoms with Crippen LogP contribution in [0, 0.1) is 0 Å². The molecule has 1 aromatic rings. The molecule has 1 aromatic carbocycles. The Balaban J connectivity index is 2.03. The number of nitrogens with zero attached hydrogens (tertiary/aromatic N) is 2. The maximum absolute atomic E-state index is 12.5. The van der Waals surface area contributed by atoms with Gasteiger partial charge in [-0.05, 0) is 45.0 Å². The second-order valence-electron chi connectivity index (χ2n) is 6.85. The fourth-order valence-corrected chi connectivity index (χ4v) is 3.15. The van der Waals surface area contributed by atoms with Gasteiger partial charge in [-0.1, -0.05) is 20.3 Å². The molecule has 0 unspecified atom stereocenters. The van der Waals surface area contributed by atoms with E-state index in [0.29, 0.717) is 35.8 Å². The molecule has 0 fully saturated rings. The third-order valence-electron chi connectivity index (χ3n) is 4.79. The van der Waals surface area contributed by atoms with Gasteiger partial charge in [0, 0.05) is 31.2 Å². The Kier molecular flexibility index (Phi) is 6.91. The Morgan fingerprint density at radius 2 is 1.85 bits per heavy atom. The van der Waals surface area contributed by atoms with E-state index in [-0.39, 0.29) is 17.7 Å². The van der Waals surface area contributed by atoms with E-state index < -0.39 is 0 Å². The molecule has 0 aliphatic carbocycles. The summed E-state index contributed by atoms with van der Waals surface area (Å²) in [5.41, 5.74) is 1.13. The minimum atomic E-state index is -0.301. The molecular formula is C20H29N3O3. The number of nitrogens with one attached hydrogen (secondary N) is 1. The number of carbonyl (C=O) groups excluding carboxylic acids is 3. The van der Waals surface area contributed by atoms with Crippen LogP contribution < -0.4 is 5.32 Å². The summed E-state index contributed by atoms with van der Waals surface area (Å²) in [5, 5.41) is 2.89. The quantitative estimate of drug-likeness (QED) is 0.688. The second kappa shape index (κ2) is 8.94. The predicted molar refractivity (Wildman–Crippen MR) is 101 cm³/mol. The number of hydrogen-bond acceptors (Lipinski definition) is 4. The van der Waals surface area contributed by atoms with Gasteiger partial charge in [0.15, 0.2) is 0 Å². The van der Waals surface area contributed by atoms with E-state index in [1.54, 1.807) is 12.1 Å². The number of amides is 3. The van der Waals surface area contributed by atoms with Crippen molar-refractivity contribution < 1.29 is 14.4 Å². The van der Waals surface area contributed by atoms with Gasteiger partial charge in [0.2, 0.25) is 0 Å². The Hall–Kier alpha value is -2.21. The zero-order chi connectivity index (χ0) is 19.3. The van der Waals surface area contributed by atoms with Crippen molar-refractivity contribution in [2.75, 3.05) is 26.2 Å². The van der Waals surface area contributed by atoms with Gasteiger partial charge >= 0.3 is 0 Å². The van der Waals surface area contributed by atoms with Crippen LogP contribution in [0.15, 0.2) is 18.2 Å². The van der Waals surface area contributed by atoms with Gasteiger partial charge in [-0.2, -0.15) is 0 Å². The summed E-state index contributed by atoms with van der Waals surface area (Å²) in [7, 11) is 0. The first kappa shape index (κ1) is 20.1. The first-order valence-corrected chi connectivity index (χ1v) is 9.43. The summed E-state index contributed by atoms with van der Waals surface area (Å²) in [6, 6.07) is 5.16. The number of likely N-dealkylation sites (N-methyl/N-ethyl adjacent to an activating group) is 1. The zero-order valence-electron chi connectivity index (χ0n) is 16.2. The van der Waals surface area contributed by atoms with Crippen LogP contribution >= 0.6 is 0 Å². The molecule has 1 aliphatic heterocycles. The van der Waals surface area contributed by atoms with Crippen molar-refractivity contribution in [1.82, 2.24) is 15.1 Å². The molecule has 0 bridgehead atoms. The minimum absolute atomic E-state index is 0.222. The Labute approximate surface area is 155 Å². The fraction of sp³-hybridized carbons (Fsp3) is 0.550. The Morgan fingerprint density at radius 1 is 1.15 bits per heavy atom. The maximum Gasteiger partial charge on any atom is 0.261 e. The number of fused-ring (bicyclic) bond motifs is 1. The SMILES string of the molecule is CCCCN1C(=O)c2ccc(C(=O)NCCN(CC)C(C)C)cc2C1=O. The van der Waals surface area contributed by atoms with Crippen LogP contribution in [0.4, 0.5) is 0 Å². The number of unbranched alkanes of at least 4 members (excludes halogenated alkanes) is 1. The topological polar surface area (TPSA) is 69.7 Å². The highest BCUT2D eigenvalue weighted by Gasteiger charge is 2.35. The second-order valence-corrected chi connectivity index (χ2v) is 6.85. The van der Waals surface area contributed by atoms with Crippen molar-refractivity contribution in [2.45, 2.75) is 46.6 Å². The van der Waals surface area contributed by atoms with E-state index >= 15 is 0 Å². The van der Waals surface area contributed by atoms with Crippen molar-refractivity contribution in [1.29, 1.82) is 0 Å². The molecule has 0 aromatic heterocycles. The van der Waals surface area contributed by atoms with Gasteiger partial charge in [-0.25, -0.2) is 0 Å². The minimum Gasteiger partial charge on any atom is -0.351 e. The van der Waals surface area contributed by atoms with E-state index in [1.165, 1.54) is 11.0 Å². The molecule has 142 valence electrons. The van der Waals surface area contributed by atoms with Crippen LogP contribution in [0.3, 0.4) is 0 Å². The Morgan fingerprint density at radius 3 is 2.46 bits per heavy atom. The highest BCUT2D eigenvalue weighted by atomic mass is 16.2. The zero-order valence-corrected chi connectivity index (χ0v) is 16.2. The first-order chi connectivity index (χ1) is 12.4. The number of rotatable bonds is 9. The third-order valence-corrected chi connectivity index (χ3v) is 4.79. The third kappa shape index (κ3) is 4.30.